The van der Waals surface area contributed by atoms with Gasteiger partial charge in [0.05, 0.1) is 16.8 Å². The van der Waals surface area contributed by atoms with Gasteiger partial charge >= 0.3 is 12.4 Å². The Morgan fingerprint density at radius 2 is 1.46 bits per heavy atom. The molecular formula is C23H17F6N3O2S. The number of nitrogens with one attached hydrogen (secondary N) is 1. The zero-order valence-electron chi connectivity index (χ0n) is 18.2. The topological polar surface area (TPSA) is 52.7 Å². The number of carbonyl (C=O) groups is 2. The fraction of sp³-hybridized carbons (Fsp3) is 0.174. The molecule has 2 aromatic carbocycles. The molecule has 12 heteroatoms. The van der Waals surface area contributed by atoms with E-state index < -0.39 is 51.7 Å². The van der Waals surface area contributed by atoms with Crippen LogP contribution in [-0.4, -0.2) is 31.0 Å². The third-order valence-corrected chi connectivity index (χ3v) is 5.18. The van der Waals surface area contributed by atoms with Crippen molar-refractivity contribution >= 4 is 46.6 Å². The highest BCUT2D eigenvalue weighted by atomic mass is 32.1. The minimum absolute atomic E-state index is 0.0688. The van der Waals surface area contributed by atoms with E-state index in [9.17, 15) is 35.9 Å². The first-order valence-electron chi connectivity index (χ1n) is 9.83. The molecule has 0 aromatic heterocycles. The molecule has 1 heterocycles. The summed E-state index contributed by atoms with van der Waals surface area (Å²) >= 11 is 4.87. The van der Waals surface area contributed by atoms with Crippen LogP contribution in [0, 0.1) is 0 Å². The van der Waals surface area contributed by atoms with Crippen LogP contribution in [0.3, 0.4) is 0 Å². The minimum atomic E-state index is -5.12. The second-order valence-electron chi connectivity index (χ2n) is 7.59. The van der Waals surface area contributed by atoms with Gasteiger partial charge in [0, 0.05) is 19.8 Å². The molecule has 0 radical (unpaired) electrons. The molecule has 0 aliphatic carbocycles. The van der Waals surface area contributed by atoms with Gasteiger partial charge in [-0.1, -0.05) is 24.3 Å². The Morgan fingerprint density at radius 3 is 1.94 bits per heavy atom. The molecule has 2 amide bonds. The molecule has 0 saturated carbocycles. The lowest BCUT2D eigenvalue weighted by Crippen LogP contribution is -2.54. The van der Waals surface area contributed by atoms with E-state index in [1.165, 1.54) is 6.08 Å². The van der Waals surface area contributed by atoms with E-state index in [4.69, 9.17) is 12.2 Å². The molecule has 0 atom stereocenters. The maximum Gasteiger partial charge on any atom is 0.416 e. The van der Waals surface area contributed by atoms with Crippen molar-refractivity contribution in [2.45, 2.75) is 12.4 Å². The van der Waals surface area contributed by atoms with Crippen molar-refractivity contribution in [3.63, 3.8) is 0 Å². The molecular weight excluding hydrogens is 496 g/mol. The zero-order chi connectivity index (χ0) is 26.1. The molecule has 1 saturated heterocycles. The molecule has 0 unspecified atom stereocenters. The molecule has 0 spiro atoms. The standard InChI is InChI=1S/C23H17F6N3O2S/c1-31(2)16-8-6-13(7-9-16)4-3-5-18-19(33)30-21(35)32(20(18)34)17-11-14(22(24,25)26)10-15(12-17)23(27,28)29/h3-12H,1-2H3,(H,30,33,35)/b4-3+,18-5+. The Bertz CT molecular complexity index is 1200. The Morgan fingerprint density at radius 1 is 0.914 bits per heavy atom. The number of nitrogens with zero attached hydrogens (tertiary/aromatic N) is 2. The van der Waals surface area contributed by atoms with Crippen molar-refractivity contribution in [2.75, 3.05) is 23.9 Å². The number of carbonyl (C=O) groups excluding carboxylic acids is 2. The summed E-state index contributed by atoms with van der Waals surface area (Å²) in [5.74, 6) is -2.11. The van der Waals surface area contributed by atoms with Crippen LogP contribution in [0.25, 0.3) is 6.08 Å². The second-order valence-corrected chi connectivity index (χ2v) is 7.98. The Balaban J connectivity index is 1.98. The molecule has 0 bridgehead atoms. The lowest BCUT2D eigenvalue weighted by Gasteiger charge is -2.29. The Hall–Kier alpha value is -3.67. The molecule has 3 rings (SSSR count). The summed E-state index contributed by atoms with van der Waals surface area (Å²) in [5, 5.41) is 1.48. The van der Waals surface area contributed by atoms with Gasteiger partial charge in [0.15, 0.2) is 5.11 Å². The number of anilines is 2. The first-order chi connectivity index (χ1) is 16.2. The van der Waals surface area contributed by atoms with Gasteiger partial charge in [-0.25, -0.2) is 0 Å². The van der Waals surface area contributed by atoms with Crippen LogP contribution < -0.4 is 15.1 Å². The van der Waals surface area contributed by atoms with Gasteiger partial charge in [0.2, 0.25) is 0 Å². The number of hydrogen-bond donors (Lipinski definition) is 1. The predicted octanol–water partition coefficient (Wildman–Crippen LogP) is 5.18. The van der Waals surface area contributed by atoms with E-state index in [1.807, 2.05) is 31.1 Å². The number of benzene rings is 2. The van der Waals surface area contributed by atoms with E-state index in [0.29, 0.717) is 17.0 Å². The molecule has 2 aromatic rings. The average Bonchev–Trinajstić information content (AvgIpc) is 2.74. The number of thiocarbonyl (C=S) groups is 1. The van der Waals surface area contributed by atoms with Crippen LogP contribution in [0.15, 0.2) is 60.2 Å². The van der Waals surface area contributed by atoms with Gasteiger partial charge < -0.3 is 4.90 Å². The Kier molecular flexibility index (Phi) is 7.06. The lowest BCUT2D eigenvalue weighted by atomic mass is 10.1. The van der Waals surface area contributed by atoms with Crippen LogP contribution in [-0.2, 0) is 21.9 Å². The SMILES string of the molecule is CN(C)c1ccc(/C=C/C=C2\C(=O)NC(=S)N(c3cc(C(F)(F)F)cc(C(F)(F)F)c3)C2=O)cc1. The van der Waals surface area contributed by atoms with Crippen molar-refractivity contribution < 1.29 is 35.9 Å². The molecule has 5 nitrogen and oxygen atoms in total. The second kappa shape index (κ2) is 9.53. The molecule has 35 heavy (non-hydrogen) atoms. The highest BCUT2D eigenvalue weighted by Crippen LogP contribution is 2.39. The van der Waals surface area contributed by atoms with Crippen molar-refractivity contribution in [1.29, 1.82) is 0 Å². The van der Waals surface area contributed by atoms with Crippen molar-refractivity contribution in [3.05, 3.63) is 76.9 Å². The number of hydrogen-bond acceptors (Lipinski definition) is 4. The molecule has 1 fully saturated rings. The highest BCUT2D eigenvalue weighted by molar-refractivity contribution is 7.80. The first kappa shape index (κ1) is 25.9. The highest BCUT2D eigenvalue weighted by Gasteiger charge is 2.40. The van der Waals surface area contributed by atoms with Gasteiger partial charge in [0.1, 0.15) is 5.57 Å². The number of amides is 2. The molecule has 1 aliphatic heterocycles. The van der Waals surface area contributed by atoms with E-state index in [2.05, 4.69) is 5.32 Å². The third kappa shape index (κ3) is 5.88. The summed E-state index contributed by atoms with van der Waals surface area (Å²) in [7, 11) is 3.72. The normalized spacial score (nSPS) is 16.3. The molecule has 184 valence electrons. The van der Waals surface area contributed by atoms with Crippen LogP contribution in [0.2, 0.25) is 0 Å². The average molecular weight is 513 g/mol. The van der Waals surface area contributed by atoms with E-state index in [-0.39, 0.29) is 6.07 Å². The monoisotopic (exact) mass is 513 g/mol. The van der Waals surface area contributed by atoms with Gasteiger partial charge in [-0.15, -0.1) is 0 Å². The number of rotatable bonds is 4. The minimum Gasteiger partial charge on any atom is -0.378 e. The summed E-state index contributed by atoms with van der Waals surface area (Å²) in [6, 6.07) is 7.86. The van der Waals surface area contributed by atoms with Crippen LogP contribution in [0.5, 0.6) is 0 Å². The van der Waals surface area contributed by atoms with E-state index in [1.54, 1.807) is 18.2 Å². The predicted molar refractivity (Wildman–Crippen MR) is 123 cm³/mol. The number of allylic oxidation sites excluding steroid dienone is 2. The van der Waals surface area contributed by atoms with Crippen molar-refractivity contribution in [3.8, 4) is 0 Å². The molecule has 1 N–H and O–H groups in total. The third-order valence-electron chi connectivity index (χ3n) is 4.89. The fourth-order valence-electron chi connectivity index (χ4n) is 3.12. The van der Waals surface area contributed by atoms with Gasteiger partial charge in [0.25, 0.3) is 11.8 Å². The van der Waals surface area contributed by atoms with Crippen molar-refractivity contribution in [2.24, 2.45) is 0 Å². The largest absolute Gasteiger partial charge is 0.416 e. The number of halogens is 6. The van der Waals surface area contributed by atoms with Gasteiger partial charge in [-0.2, -0.15) is 26.3 Å². The summed E-state index contributed by atoms with van der Waals surface area (Å²) in [5.41, 5.74) is -2.90. The Labute approximate surface area is 201 Å². The van der Waals surface area contributed by atoms with Gasteiger partial charge in [-0.3, -0.25) is 19.8 Å². The summed E-state index contributed by atoms with van der Waals surface area (Å²) in [6.45, 7) is 0. The maximum atomic E-state index is 13.2. The van der Waals surface area contributed by atoms with Crippen molar-refractivity contribution in [1.82, 2.24) is 5.32 Å². The first-order valence-corrected chi connectivity index (χ1v) is 10.2. The van der Waals surface area contributed by atoms with Crippen LogP contribution >= 0.6 is 12.2 Å². The summed E-state index contributed by atoms with van der Waals surface area (Å²) < 4.78 is 79.4. The lowest BCUT2D eigenvalue weighted by molar-refractivity contribution is -0.143. The number of alkyl halides is 6. The maximum absolute atomic E-state index is 13.2. The smallest absolute Gasteiger partial charge is 0.378 e. The zero-order valence-corrected chi connectivity index (χ0v) is 19.0. The van der Waals surface area contributed by atoms with Crippen LogP contribution in [0.4, 0.5) is 37.7 Å². The fourth-order valence-corrected chi connectivity index (χ4v) is 3.40. The van der Waals surface area contributed by atoms with Crippen LogP contribution in [0.1, 0.15) is 16.7 Å². The quantitative estimate of drug-likeness (QED) is 0.265. The summed E-state index contributed by atoms with van der Waals surface area (Å²) in [6.07, 6.45) is -6.22. The van der Waals surface area contributed by atoms with Gasteiger partial charge in [-0.05, 0) is 54.2 Å². The van der Waals surface area contributed by atoms with E-state index in [0.717, 1.165) is 17.3 Å². The van der Waals surface area contributed by atoms with E-state index >= 15 is 0 Å². The molecule has 1 aliphatic rings. The summed E-state index contributed by atoms with van der Waals surface area (Å²) in [4.78, 5) is 27.5.